The van der Waals surface area contributed by atoms with Gasteiger partial charge in [0.15, 0.2) is 5.82 Å². The highest BCUT2D eigenvalue weighted by Gasteiger charge is 2.17. The van der Waals surface area contributed by atoms with E-state index in [1.165, 1.54) is 12.1 Å². The number of benzene rings is 3. The summed E-state index contributed by atoms with van der Waals surface area (Å²) >= 11 is 0. The number of carboxylic acids is 1. The molecule has 0 amide bonds. The van der Waals surface area contributed by atoms with Crippen LogP contribution in [0.15, 0.2) is 78.9 Å². The molecule has 150 valence electrons. The van der Waals surface area contributed by atoms with Crippen molar-refractivity contribution in [1.29, 1.82) is 0 Å². The van der Waals surface area contributed by atoms with Gasteiger partial charge in [-0.25, -0.2) is 14.4 Å². The number of rotatable bonds is 7. The third-order valence-corrected chi connectivity index (χ3v) is 4.80. The first kappa shape index (κ1) is 19.5. The summed E-state index contributed by atoms with van der Waals surface area (Å²) in [5.41, 5.74) is 2.49. The van der Waals surface area contributed by atoms with Gasteiger partial charge in [-0.1, -0.05) is 42.5 Å². The lowest BCUT2D eigenvalue weighted by molar-refractivity contribution is -0.136. The van der Waals surface area contributed by atoms with Crippen LogP contribution in [0.25, 0.3) is 22.3 Å². The Labute approximate surface area is 173 Å². The number of para-hydroxylation sites is 1. The number of halogens is 1. The Morgan fingerprint density at radius 2 is 1.60 bits per heavy atom. The quantitative estimate of drug-likeness (QED) is 0.476. The second kappa shape index (κ2) is 8.69. The van der Waals surface area contributed by atoms with Gasteiger partial charge < -0.3 is 10.0 Å². The van der Waals surface area contributed by atoms with Crippen LogP contribution in [0, 0.1) is 5.82 Å². The van der Waals surface area contributed by atoms with E-state index in [1.54, 1.807) is 12.1 Å². The van der Waals surface area contributed by atoms with E-state index in [2.05, 4.69) is 4.98 Å². The normalized spacial score (nSPS) is 10.8. The van der Waals surface area contributed by atoms with Crippen LogP contribution in [-0.4, -0.2) is 27.6 Å². The first-order chi connectivity index (χ1) is 14.6. The van der Waals surface area contributed by atoms with Crippen LogP contribution in [0.1, 0.15) is 12.0 Å². The molecule has 4 aromatic rings. The smallest absolute Gasteiger partial charge is 0.305 e. The van der Waals surface area contributed by atoms with Crippen molar-refractivity contribution in [3.63, 3.8) is 0 Å². The molecular formula is C24H20FN3O2. The third-order valence-electron chi connectivity index (χ3n) is 4.80. The number of anilines is 1. The lowest BCUT2D eigenvalue weighted by Crippen LogP contribution is -2.27. The van der Waals surface area contributed by atoms with Crippen molar-refractivity contribution >= 4 is 22.7 Å². The van der Waals surface area contributed by atoms with E-state index < -0.39 is 5.97 Å². The first-order valence-electron chi connectivity index (χ1n) is 9.63. The minimum atomic E-state index is -0.870. The van der Waals surface area contributed by atoms with Gasteiger partial charge in [-0.15, -0.1) is 0 Å². The molecule has 0 saturated carbocycles. The van der Waals surface area contributed by atoms with Crippen molar-refractivity contribution in [2.24, 2.45) is 0 Å². The summed E-state index contributed by atoms with van der Waals surface area (Å²) in [6, 6.07) is 23.5. The topological polar surface area (TPSA) is 66.3 Å². The molecule has 3 aromatic carbocycles. The van der Waals surface area contributed by atoms with Gasteiger partial charge in [0.05, 0.1) is 11.9 Å². The summed E-state index contributed by atoms with van der Waals surface area (Å²) in [6.45, 7) is 0.812. The van der Waals surface area contributed by atoms with E-state index in [9.17, 15) is 14.3 Å². The van der Waals surface area contributed by atoms with Crippen molar-refractivity contribution in [2.75, 3.05) is 11.4 Å². The van der Waals surface area contributed by atoms with Crippen molar-refractivity contribution in [1.82, 2.24) is 9.97 Å². The third kappa shape index (κ3) is 4.43. The minimum Gasteiger partial charge on any atom is -0.481 e. The number of hydrogen-bond donors (Lipinski definition) is 1. The van der Waals surface area contributed by atoms with E-state index >= 15 is 0 Å². The number of carboxylic acid groups (broad SMARTS) is 1. The molecule has 0 radical (unpaired) electrons. The summed E-state index contributed by atoms with van der Waals surface area (Å²) < 4.78 is 13.4. The molecular weight excluding hydrogens is 381 g/mol. The van der Waals surface area contributed by atoms with Crippen LogP contribution >= 0.6 is 0 Å². The number of aromatic nitrogens is 2. The van der Waals surface area contributed by atoms with Crippen LogP contribution in [-0.2, 0) is 11.3 Å². The van der Waals surface area contributed by atoms with E-state index in [0.717, 1.165) is 16.5 Å². The molecule has 6 heteroatoms. The second-order valence-corrected chi connectivity index (χ2v) is 6.95. The molecule has 0 aliphatic heterocycles. The summed E-state index contributed by atoms with van der Waals surface area (Å²) in [5, 5.41) is 10.1. The molecule has 0 aliphatic rings. The van der Waals surface area contributed by atoms with Crippen LogP contribution in [0.5, 0.6) is 0 Å². The van der Waals surface area contributed by atoms with Gasteiger partial charge in [-0.2, -0.15) is 0 Å². The molecule has 1 N–H and O–H groups in total. The first-order valence-corrected chi connectivity index (χ1v) is 9.63. The SMILES string of the molecule is O=C(O)CCN(Cc1ccccc1)c1nc(-c2ccc(F)cc2)nc2ccccc12. The summed E-state index contributed by atoms with van der Waals surface area (Å²) in [7, 11) is 0. The highest BCUT2D eigenvalue weighted by molar-refractivity contribution is 5.91. The molecule has 30 heavy (non-hydrogen) atoms. The lowest BCUT2D eigenvalue weighted by Gasteiger charge is -2.25. The zero-order chi connectivity index (χ0) is 20.9. The molecule has 0 bridgehead atoms. The maximum absolute atomic E-state index is 13.4. The highest BCUT2D eigenvalue weighted by atomic mass is 19.1. The Balaban J connectivity index is 1.83. The largest absolute Gasteiger partial charge is 0.481 e. The van der Waals surface area contributed by atoms with Crippen LogP contribution < -0.4 is 4.90 Å². The lowest BCUT2D eigenvalue weighted by atomic mass is 10.1. The highest BCUT2D eigenvalue weighted by Crippen LogP contribution is 2.29. The van der Waals surface area contributed by atoms with Gasteiger partial charge >= 0.3 is 5.97 Å². The van der Waals surface area contributed by atoms with E-state index in [0.29, 0.717) is 30.3 Å². The fourth-order valence-electron chi connectivity index (χ4n) is 3.32. The monoisotopic (exact) mass is 401 g/mol. The zero-order valence-electron chi connectivity index (χ0n) is 16.2. The predicted molar refractivity (Wildman–Crippen MR) is 115 cm³/mol. The van der Waals surface area contributed by atoms with Gasteiger partial charge in [-0.05, 0) is 42.0 Å². The molecule has 1 aromatic heterocycles. The van der Waals surface area contributed by atoms with Crippen molar-refractivity contribution in [3.05, 3.63) is 90.2 Å². The average molecular weight is 401 g/mol. The Morgan fingerprint density at radius 1 is 0.900 bits per heavy atom. The average Bonchev–Trinajstić information content (AvgIpc) is 2.77. The van der Waals surface area contributed by atoms with E-state index in [1.807, 2.05) is 59.5 Å². The van der Waals surface area contributed by atoms with Crippen molar-refractivity contribution < 1.29 is 14.3 Å². The Bertz CT molecular complexity index is 1160. The van der Waals surface area contributed by atoms with Gasteiger partial charge in [0.1, 0.15) is 11.6 Å². The predicted octanol–water partition coefficient (Wildman–Crippen LogP) is 4.92. The van der Waals surface area contributed by atoms with Gasteiger partial charge in [0, 0.05) is 24.0 Å². The molecule has 5 nitrogen and oxygen atoms in total. The van der Waals surface area contributed by atoms with E-state index in [-0.39, 0.29) is 12.2 Å². The Morgan fingerprint density at radius 3 is 2.33 bits per heavy atom. The van der Waals surface area contributed by atoms with Crippen molar-refractivity contribution in [3.8, 4) is 11.4 Å². The minimum absolute atomic E-state index is 0.0168. The Kier molecular flexibility index (Phi) is 5.66. The molecule has 0 spiro atoms. The molecule has 1 heterocycles. The molecule has 0 fully saturated rings. The van der Waals surface area contributed by atoms with Crippen LogP contribution in [0.3, 0.4) is 0 Å². The number of nitrogens with zero attached hydrogens (tertiary/aromatic N) is 3. The summed E-state index contributed by atoms with van der Waals surface area (Å²) in [5.74, 6) is -0.0702. The van der Waals surface area contributed by atoms with Crippen LogP contribution in [0.4, 0.5) is 10.2 Å². The number of carbonyl (C=O) groups is 1. The summed E-state index contributed by atoms with van der Waals surface area (Å²) in [6.07, 6.45) is -0.0168. The number of hydrogen-bond acceptors (Lipinski definition) is 4. The van der Waals surface area contributed by atoms with Crippen molar-refractivity contribution in [2.45, 2.75) is 13.0 Å². The van der Waals surface area contributed by atoms with Crippen LogP contribution in [0.2, 0.25) is 0 Å². The number of aliphatic carboxylic acids is 1. The molecule has 0 atom stereocenters. The fourth-order valence-corrected chi connectivity index (χ4v) is 3.32. The van der Waals surface area contributed by atoms with Gasteiger partial charge in [-0.3, -0.25) is 4.79 Å². The van der Waals surface area contributed by atoms with Gasteiger partial charge in [0.25, 0.3) is 0 Å². The second-order valence-electron chi connectivity index (χ2n) is 6.95. The van der Waals surface area contributed by atoms with E-state index in [4.69, 9.17) is 4.98 Å². The molecule has 4 rings (SSSR count). The number of fused-ring (bicyclic) bond motifs is 1. The molecule has 0 unspecified atom stereocenters. The molecule has 0 saturated heterocycles. The maximum Gasteiger partial charge on any atom is 0.305 e. The zero-order valence-corrected chi connectivity index (χ0v) is 16.2. The maximum atomic E-state index is 13.4. The standard InChI is InChI=1S/C24H20FN3O2/c25-19-12-10-18(11-13-19)23-26-21-9-5-4-8-20(21)24(27-23)28(15-14-22(29)30)16-17-6-2-1-3-7-17/h1-13H,14-16H2,(H,29,30). The van der Waals surface area contributed by atoms with Gasteiger partial charge in [0.2, 0.25) is 0 Å². The fraction of sp³-hybridized carbons (Fsp3) is 0.125. The Hall–Kier alpha value is -3.80. The molecule has 0 aliphatic carbocycles. The summed E-state index contributed by atoms with van der Waals surface area (Å²) in [4.78, 5) is 22.7.